The van der Waals surface area contributed by atoms with Gasteiger partial charge in [-0.1, -0.05) is 0 Å². The largest absolute Gasteiger partial charge is 0.398 e. The van der Waals surface area contributed by atoms with Gasteiger partial charge in [0.15, 0.2) is 0 Å². The fourth-order valence-corrected chi connectivity index (χ4v) is 2.14. The number of nitrogens with two attached hydrogens (primary N) is 1. The average molecular weight is 269 g/mol. The van der Waals surface area contributed by atoms with Gasteiger partial charge in [-0.25, -0.2) is 4.98 Å². The predicted molar refractivity (Wildman–Crippen MR) is 75.0 cm³/mol. The second-order valence-corrected chi connectivity index (χ2v) is 4.39. The summed E-state index contributed by atoms with van der Waals surface area (Å²) in [4.78, 5) is 18.9. The lowest BCUT2D eigenvalue weighted by atomic mass is 10.1. The number of non-ortho nitro benzene ring substituents is 1. The molecule has 2 N–H and O–H groups in total. The van der Waals surface area contributed by atoms with Crippen LogP contribution in [0.25, 0.3) is 22.4 Å². The van der Waals surface area contributed by atoms with Crippen molar-refractivity contribution >= 4 is 22.4 Å². The number of benzene rings is 1. The van der Waals surface area contributed by atoms with Gasteiger partial charge in [-0.15, -0.1) is 0 Å². The molecule has 20 heavy (non-hydrogen) atoms. The molecule has 100 valence electrons. The van der Waals surface area contributed by atoms with E-state index in [1.54, 1.807) is 12.4 Å². The van der Waals surface area contributed by atoms with E-state index >= 15 is 0 Å². The number of hydrogen-bond acceptors (Lipinski definition) is 5. The normalized spacial score (nSPS) is 10.8. The van der Waals surface area contributed by atoms with Gasteiger partial charge in [0.2, 0.25) is 0 Å². The molecule has 0 aliphatic heterocycles. The molecular weight excluding hydrogens is 258 g/mol. The van der Waals surface area contributed by atoms with Crippen LogP contribution in [0.5, 0.6) is 0 Å². The van der Waals surface area contributed by atoms with Gasteiger partial charge in [-0.3, -0.25) is 15.1 Å². The Morgan fingerprint density at radius 1 is 1.35 bits per heavy atom. The van der Waals surface area contributed by atoms with Crippen molar-refractivity contribution in [3.05, 3.63) is 46.8 Å². The van der Waals surface area contributed by atoms with Crippen LogP contribution < -0.4 is 5.73 Å². The molecule has 0 saturated heterocycles. The van der Waals surface area contributed by atoms with Crippen molar-refractivity contribution in [3.63, 3.8) is 0 Å². The number of aryl methyl sites for hydroxylation is 1. The van der Waals surface area contributed by atoms with E-state index in [2.05, 4.69) is 9.97 Å². The van der Waals surface area contributed by atoms with Gasteiger partial charge in [0.1, 0.15) is 11.3 Å². The Labute approximate surface area is 113 Å². The topological polar surface area (TPSA) is 99.9 Å². The number of nitro groups is 1. The summed E-state index contributed by atoms with van der Waals surface area (Å²) in [6.07, 6.45) is 3.32. The van der Waals surface area contributed by atoms with Crippen LogP contribution in [0.4, 0.5) is 11.4 Å². The highest BCUT2D eigenvalue weighted by atomic mass is 16.6. The quantitative estimate of drug-likeness (QED) is 0.436. The van der Waals surface area contributed by atoms with E-state index in [-0.39, 0.29) is 5.69 Å². The number of rotatable bonds is 2. The molecule has 0 amide bonds. The van der Waals surface area contributed by atoms with E-state index < -0.39 is 4.92 Å². The van der Waals surface area contributed by atoms with Crippen molar-refractivity contribution in [2.24, 2.45) is 7.05 Å². The maximum atomic E-state index is 10.9. The number of hydrogen-bond donors (Lipinski definition) is 1. The Morgan fingerprint density at radius 3 is 2.85 bits per heavy atom. The van der Waals surface area contributed by atoms with E-state index in [1.165, 1.54) is 18.2 Å². The van der Waals surface area contributed by atoms with Crippen LogP contribution in [0.15, 0.2) is 36.7 Å². The Balaban J connectivity index is 2.27. The minimum Gasteiger partial charge on any atom is -0.398 e. The highest BCUT2D eigenvalue weighted by Gasteiger charge is 2.16. The first-order valence-corrected chi connectivity index (χ1v) is 5.88. The van der Waals surface area contributed by atoms with Crippen molar-refractivity contribution in [3.8, 4) is 11.4 Å². The predicted octanol–water partition coefficient (Wildman–Crippen LogP) is 2.13. The summed E-state index contributed by atoms with van der Waals surface area (Å²) in [7, 11) is 1.84. The number of fused-ring (bicyclic) bond motifs is 1. The van der Waals surface area contributed by atoms with Crippen LogP contribution in [0.2, 0.25) is 0 Å². The van der Waals surface area contributed by atoms with E-state index in [0.29, 0.717) is 17.1 Å². The molecule has 0 radical (unpaired) electrons. The van der Waals surface area contributed by atoms with E-state index in [4.69, 9.17) is 5.73 Å². The first-order valence-electron chi connectivity index (χ1n) is 5.88. The lowest BCUT2D eigenvalue weighted by molar-refractivity contribution is -0.384. The molecule has 0 unspecified atom stereocenters. The molecule has 0 bridgehead atoms. The van der Waals surface area contributed by atoms with Gasteiger partial charge >= 0.3 is 0 Å². The van der Waals surface area contributed by atoms with Gasteiger partial charge in [0.25, 0.3) is 5.69 Å². The monoisotopic (exact) mass is 269 g/mol. The first kappa shape index (κ1) is 12.1. The van der Waals surface area contributed by atoms with Gasteiger partial charge in [0, 0.05) is 36.6 Å². The zero-order valence-electron chi connectivity index (χ0n) is 10.6. The summed E-state index contributed by atoms with van der Waals surface area (Å²) in [5.41, 5.74) is 8.50. The minimum absolute atomic E-state index is 0.0145. The highest BCUT2D eigenvalue weighted by molar-refractivity contribution is 5.83. The Bertz CT molecular complexity index is 825. The number of anilines is 1. The molecule has 0 atom stereocenters. The first-order chi connectivity index (χ1) is 9.58. The highest BCUT2D eigenvalue weighted by Crippen LogP contribution is 2.30. The molecule has 1 aromatic carbocycles. The van der Waals surface area contributed by atoms with Crippen LogP contribution in [0.3, 0.4) is 0 Å². The van der Waals surface area contributed by atoms with Crippen LogP contribution in [0.1, 0.15) is 0 Å². The zero-order chi connectivity index (χ0) is 14.3. The van der Waals surface area contributed by atoms with Crippen molar-refractivity contribution < 1.29 is 4.92 Å². The molecule has 3 rings (SSSR count). The van der Waals surface area contributed by atoms with E-state index in [9.17, 15) is 10.1 Å². The lowest BCUT2D eigenvalue weighted by Crippen LogP contribution is -1.98. The number of imidazole rings is 1. The minimum atomic E-state index is -0.451. The van der Waals surface area contributed by atoms with Crippen molar-refractivity contribution in [1.82, 2.24) is 14.5 Å². The molecule has 0 spiro atoms. The number of pyridine rings is 1. The van der Waals surface area contributed by atoms with Crippen molar-refractivity contribution in [1.29, 1.82) is 0 Å². The SMILES string of the molecule is Cn1c(-c2cc([N+](=O)[O-])ccc2N)nc2cnccc21. The molecule has 3 aromatic rings. The number of nitrogens with zero attached hydrogens (tertiary/aromatic N) is 4. The van der Waals surface area contributed by atoms with Gasteiger partial charge in [0.05, 0.1) is 16.6 Å². The number of aromatic nitrogens is 3. The molecule has 0 fully saturated rings. The molecule has 2 heterocycles. The molecule has 0 saturated carbocycles. The summed E-state index contributed by atoms with van der Waals surface area (Å²) in [6, 6.07) is 6.16. The van der Waals surface area contributed by atoms with Crippen molar-refractivity contribution in [2.75, 3.05) is 5.73 Å². The van der Waals surface area contributed by atoms with E-state index in [1.807, 2.05) is 17.7 Å². The summed E-state index contributed by atoms with van der Waals surface area (Å²) in [5, 5.41) is 10.9. The molecule has 7 nitrogen and oxygen atoms in total. The third kappa shape index (κ3) is 1.76. The second kappa shape index (κ2) is 4.30. The Kier molecular flexibility index (Phi) is 2.60. The van der Waals surface area contributed by atoms with Crippen LogP contribution >= 0.6 is 0 Å². The zero-order valence-corrected chi connectivity index (χ0v) is 10.6. The van der Waals surface area contributed by atoms with Crippen LogP contribution in [-0.2, 0) is 7.05 Å². The maximum absolute atomic E-state index is 10.9. The maximum Gasteiger partial charge on any atom is 0.270 e. The molecule has 7 heteroatoms. The molecule has 0 aliphatic rings. The third-order valence-corrected chi connectivity index (χ3v) is 3.17. The fraction of sp³-hybridized carbons (Fsp3) is 0.0769. The molecule has 0 aliphatic carbocycles. The Morgan fingerprint density at radius 2 is 2.15 bits per heavy atom. The van der Waals surface area contributed by atoms with E-state index in [0.717, 1.165) is 11.0 Å². The third-order valence-electron chi connectivity index (χ3n) is 3.17. The average Bonchev–Trinajstić information content (AvgIpc) is 2.77. The van der Waals surface area contributed by atoms with Gasteiger partial charge in [-0.05, 0) is 12.1 Å². The summed E-state index contributed by atoms with van der Waals surface area (Å²) in [5.74, 6) is 0.578. The molecule has 2 aromatic heterocycles. The summed E-state index contributed by atoms with van der Waals surface area (Å²) < 4.78 is 1.84. The summed E-state index contributed by atoms with van der Waals surface area (Å²) in [6.45, 7) is 0. The van der Waals surface area contributed by atoms with Crippen molar-refractivity contribution in [2.45, 2.75) is 0 Å². The van der Waals surface area contributed by atoms with Gasteiger partial charge < -0.3 is 10.3 Å². The van der Waals surface area contributed by atoms with Crippen LogP contribution in [-0.4, -0.2) is 19.5 Å². The smallest absolute Gasteiger partial charge is 0.270 e. The van der Waals surface area contributed by atoms with Gasteiger partial charge in [-0.2, -0.15) is 0 Å². The number of nitro benzene ring substituents is 1. The number of nitrogen functional groups attached to an aromatic ring is 1. The standard InChI is InChI=1S/C13H11N5O2/c1-17-12-4-5-15-7-11(12)16-13(17)9-6-8(18(19)20)2-3-10(9)14/h2-7H,14H2,1H3. The summed E-state index contributed by atoms with van der Waals surface area (Å²) >= 11 is 0. The second-order valence-electron chi connectivity index (χ2n) is 4.39. The fourth-order valence-electron chi connectivity index (χ4n) is 2.14. The lowest BCUT2D eigenvalue weighted by Gasteiger charge is -2.05. The Hall–Kier alpha value is -2.96. The van der Waals surface area contributed by atoms with Crippen LogP contribution in [0, 0.1) is 10.1 Å². The molecular formula is C13H11N5O2.